The van der Waals surface area contributed by atoms with Crippen molar-refractivity contribution in [3.8, 4) is 0 Å². The molecule has 0 saturated carbocycles. The van der Waals surface area contributed by atoms with E-state index in [-0.39, 0.29) is 23.1 Å². The van der Waals surface area contributed by atoms with E-state index in [0.717, 1.165) is 31.9 Å². The molecule has 1 aromatic carbocycles. The first kappa shape index (κ1) is 22.5. The molecule has 2 aliphatic rings. The van der Waals surface area contributed by atoms with Crippen LogP contribution in [0, 0.1) is 24.2 Å². The Balaban J connectivity index is 1.48. The molecule has 3 heterocycles. The first-order valence-corrected chi connectivity index (χ1v) is 11.7. The van der Waals surface area contributed by atoms with E-state index < -0.39 is 0 Å². The molecule has 1 spiro atoms. The average molecular weight is 438 g/mol. The zero-order valence-electron chi connectivity index (χ0n) is 19.7. The summed E-state index contributed by atoms with van der Waals surface area (Å²) >= 11 is 0. The molecular formula is C25H35N5O2. The third-order valence-corrected chi connectivity index (χ3v) is 6.77. The zero-order chi connectivity index (χ0) is 22.9. The van der Waals surface area contributed by atoms with Gasteiger partial charge in [0.1, 0.15) is 0 Å². The molecule has 172 valence electrons. The Morgan fingerprint density at radius 3 is 2.53 bits per heavy atom. The van der Waals surface area contributed by atoms with Crippen molar-refractivity contribution >= 4 is 11.8 Å². The van der Waals surface area contributed by atoms with E-state index in [9.17, 15) is 9.59 Å². The molecule has 2 aliphatic heterocycles. The van der Waals surface area contributed by atoms with Crippen molar-refractivity contribution in [1.29, 1.82) is 0 Å². The third-order valence-electron chi connectivity index (χ3n) is 6.77. The largest absolute Gasteiger partial charge is 0.356 e. The van der Waals surface area contributed by atoms with Crippen LogP contribution in [0.3, 0.4) is 0 Å². The van der Waals surface area contributed by atoms with Gasteiger partial charge in [0.05, 0.1) is 17.2 Å². The van der Waals surface area contributed by atoms with E-state index in [1.807, 2.05) is 31.0 Å². The quantitative estimate of drug-likeness (QED) is 0.723. The summed E-state index contributed by atoms with van der Waals surface area (Å²) < 4.78 is 1.80. The summed E-state index contributed by atoms with van der Waals surface area (Å²) in [5.74, 6) is 0.453. The number of likely N-dealkylation sites (tertiary alicyclic amines) is 2. The fourth-order valence-electron chi connectivity index (χ4n) is 5.06. The maximum atomic E-state index is 13.1. The van der Waals surface area contributed by atoms with Crippen molar-refractivity contribution in [3.63, 3.8) is 0 Å². The summed E-state index contributed by atoms with van der Waals surface area (Å²) in [5, 5.41) is 7.56. The maximum Gasteiger partial charge on any atom is 0.257 e. The van der Waals surface area contributed by atoms with Crippen molar-refractivity contribution in [1.82, 2.24) is 24.9 Å². The Labute approximate surface area is 190 Å². The Hall–Kier alpha value is -2.67. The molecule has 0 radical (unpaired) electrons. The van der Waals surface area contributed by atoms with Crippen molar-refractivity contribution < 1.29 is 9.59 Å². The highest BCUT2D eigenvalue weighted by Gasteiger charge is 2.57. The number of aryl methyl sites for hydroxylation is 2. The standard InChI is InChI=1S/C25H35N5O2/c1-5-30-13-21(19(4)27-30)24(32)29-16-25(17-29)15-28(12-20-9-7-6-8-10-20)14-22(25)23(31)26-11-18(2)3/h6-10,13,18,22H,5,11-12,14-17H2,1-4H3,(H,26,31). The number of nitrogens with zero attached hydrogens (tertiary/aromatic N) is 4. The summed E-state index contributed by atoms with van der Waals surface area (Å²) in [6.45, 7) is 13.2. The zero-order valence-corrected chi connectivity index (χ0v) is 19.7. The first-order valence-electron chi connectivity index (χ1n) is 11.7. The van der Waals surface area contributed by atoms with Crippen LogP contribution in [-0.4, -0.2) is 64.1 Å². The molecular weight excluding hydrogens is 402 g/mol. The topological polar surface area (TPSA) is 70.5 Å². The average Bonchev–Trinajstić information content (AvgIpc) is 3.32. The smallest absolute Gasteiger partial charge is 0.257 e. The van der Waals surface area contributed by atoms with Crippen LogP contribution in [0.4, 0.5) is 0 Å². The molecule has 7 heteroatoms. The van der Waals surface area contributed by atoms with Crippen LogP contribution in [0.25, 0.3) is 0 Å². The molecule has 7 nitrogen and oxygen atoms in total. The Morgan fingerprint density at radius 2 is 1.91 bits per heavy atom. The fraction of sp³-hybridized carbons (Fsp3) is 0.560. The Bertz CT molecular complexity index is 962. The predicted octanol–water partition coefficient (Wildman–Crippen LogP) is 2.56. The van der Waals surface area contributed by atoms with Gasteiger partial charge in [-0.15, -0.1) is 0 Å². The molecule has 2 fully saturated rings. The van der Waals surface area contributed by atoms with Crippen molar-refractivity contribution in [3.05, 3.63) is 53.3 Å². The molecule has 1 atom stereocenters. The van der Waals surface area contributed by atoms with Crippen LogP contribution < -0.4 is 5.32 Å². The minimum atomic E-state index is -0.180. The number of benzene rings is 1. The molecule has 4 rings (SSSR count). The van der Waals surface area contributed by atoms with Gasteiger partial charge in [-0.2, -0.15) is 5.10 Å². The van der Waals surface area contributed by atoms with Crippen molar-refractivity contribution in [2.45, 2.75) is 40.8 Å². The molecule has 2 amide bonds. The molecule has 32 heavy (non-hydrogen) atoms. The number of carbonyl (C=O) groups excluding carboxylic acids is 2. The molecule has 1 aromatic heterocycles. The number of hydrogen-bond donors (Lipinski definition) is 1. The van der Waals surface area contributed by atoms with E-state index in [1.165, 1.54) is 5.56 Å². The first-order chi connectivity index (χ1) is 15.3. The lowest BCUT2D eigenvalue weighted by atomic mass is 9.71. The Kier molecular flexibility index (Phi) is 6.38. The number of nitrogens with one attached hydrogen (secondary N) is 1. The lowest BCUT2D eigenvalue weighted by Crippen LogP contribution is -2.64. The molecule has 2 aromatic rings. The minimum absolute atomic E-state index is 0.0238. The van der Waals surface area contributed by atoms with Crippen LogP contribution in [0.5, 0.6) is 0 Å². The highest BCUT2D eigenvalue weighted by atomic mass is 16.2. The highest BCUT2D eigenvalue weighted by Crippen LogP contribution is 2.45. The Morgan fingerprint density at radius 1 is 1.19 bits per heavy atom. The molecule has 0 aliphatic carbocycles. The van der Waals surface area contributed by atoms with Crippen molar-refractivity contribution in [2.75, 3.05) is 32.7 Å². The number of hydrogen-bond acceptors (Lipinski definition) is 4. The monoisotopic (exact) mass is 437 g/mol. The third kappa shape index (κ3) is 4.44. The van der Waals surface area contributed by atoms with E-state index >= 15 is 0 Å². The lowest BCUT2D eigenvalue weighted by Gasteiger charge is -2.50. The number of amides is 2. The van der Waals surface area contributed by atoms with Gasteiger partial charge in [0.15, 0.2) is 0 Å². The van der Waals surface area contributed by atoms with Gasteiger partial charge in [-0.25, -0.2) is 0 Å². The van der Waals surface area contributed by atoms with Crippen LogP contribution in [-0.2, 0) is 17.9 Å². The fourth-order valence-corrected chi connectivity index (χ4v) is 5.06. The van der Waals surface area contributed by atoms with Crippen molar-refractivity contribution in [2.24, 2.45) is 17.3 Å². The summed E-state index contributed by atoms with van der Waals surface area (Å²) in [6.07, 6.45) is 1.84. The highest BCUT2D eigenvalue weighted by molar-refractivity contribution is 5.96. The van der Waals surface area contributed by atoms with Crippen LogP contribution in [0.2, 0.25) is 0 Å². The second-order valence-electron chi connectivity index (χ2n) is 9.85. The SMILES string of the molecule is CCn1cc(C(=O)N2CC3(CN(Cc4ccccc4)CC3C(=O)NCC(C)C)C2)c(C)n1. The molecule has 0 bridgehead atoms. The summed E-state index contributed by atoms with van der Waals surface area (Å²) in [5.41, 5.74) is 2.50. The van der Waals surface area contributed by atoms with Gasteiger partial charge in [0.2, 0.25) is 5.91 Å². The maximum absolute atomic E-state index is 13.1. The normalized spacial score (nSPS) is 20.0. The number of aromatic nitrogens is 2. The molecule has 1 unspecified atom stereocenters. The van der Waals surface area contributed by atoms with E-state index in [4.69, 9.17) is 0 Å². The second-order valence-corrected chi connectivity index (χ2v) is 9.85. The minimum Gasteiger partial charge on any atom is -0.356 e. The van der Waals surface area contributed by atoms with Gasteiger partial charge < -0.3 is 10.2 Å². The van der Waals surface area contributed by atoms with E-state index in [1.54, 1.807) is 4.68 Å². The van der Waals surface area contributed by atoms with Crippen LogP contribution in [0.1, 0.15) is 42.4 Å². The number of rotatable bonds is 7. The lowest BCUT2D eigenvalue weighted by molar-refractivity contribution is -0.131. The predicted molar refractivity (Wildman–Crippen MR) is 124 cm³/mol. The summed E-state index contributed by atoms with van der Waals surface area (Å²) in [4.78, 5) is 30.5. The van der Waals surface area contributed by atoms with E-state index in [2.05, 4.69) is 53.4 Å². The van der Waals surface area contributed by atoms with Gasteiger partial charge in [-0.1, -0.05) is 44.2 Å². The van der Waals surface area contributed by atoms with Gasteiger partial charge in [-0.05, 0) is 25.3 Å². The number of carbonyl (C=O) groups is 2. The summed E-state index contributed by atoms with van der Waals surface area (Å²) in [7, 11) is 0. The van der Waals surface area contributed by atoms with Crippen LogP contribution in [0.15, 0.2) is 36.5 Å². The van der Waals surface area contributed by atoms with E-state index in [0.29, 0.717) is 31.1 Å². The summed E-state index contributed by atoms with van der Waals surface area (Å²) in [6, 6.07) is 10.4. The molecule has 2 saturated heterocycles. The van der Waals surface area contributed by atoms with Crippen LogP contribution >= 0.6 is 0 Å². The van der Waals surface area contributed by atoms with Gasteiger partial charge in [-0.3, -0.25) is 19.2 Å². The van der Waals surface area contributed by atoms with Gasteiger partial charge >= 0.3 is 0 Å². The molecule has 1 N–H and O–H groups in total. The second kappa shape index (κ2) is 9.06. The van der Waals surface area contributed by atoms with Gasteiger partial charge in [0.25, 0.3) is 5.91 Å². The van der Waals surface area contributed by atoms with Gasteiger partial charge in [0, 0.05) is 57.4 Å².